The lowest BCUT2D eigenvalue weighted by Crippen LogP contribution is -1.95. The summed E-state index contributed by atoms with van der Waals surface area (Å²) < 4.78 is 0. The van der Waals surface area contributed by atoms with Crippen LogP contribution < -0.4 is 0 Å². The van der Waals surface area contributed by atoms with Crippen molar-refractivity contribution in [2.75, 3.05) is 0 Å². The molecule has 0 atom stereocenters. The minimum Gasteiger partial charge on any atom is -0.0998 e. The smallest absolute Gasteiger partial charge is 0 e. The number of hydrogen-bond donors (Lipinski definition) is 0. The monoisotopic (exact) mass is 430 g/mol. The van der Waals surface area contributed by atoms with Gasteiger partial charge in [0.05, 0.1) is 0 Å². The first-order chi connectivity index (χ1) is 15.5. The van der Waals surface area contributed by atoms with Gasteiger partial charge in [-0.2, -0.15) is 0 Å². The number of benzene rings is 2. The molecule has 0 aliphatic heterocycles. The van der Waals surface area contributed by atoms with E-state index in [1.807, 2.05) is 19.9 Å². The molecule has 32 heavy (non-hydrogen) atoms. The summed E-state index contributed by atoms with van der Waals surface area (Å²) in [5.41, 5.74) is 10.7. The molecular formula is C32H46. The summed E-state index contributed by atoms with van der Waals surface area (Å²) in [4.78, 5) is 0. The Morgan fingerprint density at radius 3 is 2.41 bits per heavy atom. The maximum atomic E-state index is 3.97. The lowest BCUT2D eigenvalue weighted by Gasteiger charge is -2.09. The normalized spacial score (nSPS) is 12.2. The molecule has 0 heteroatoms. The Balaban J connectivity index is 0. The highest BCUT2D eigenvalue weighted by molar-refractivity contribution is 5.76. The molecule has 0 fully saturated rings. The molecule has 0 heterocycles. The number of allylic oxidation sites excluding steroid dienone is 7. The molecule has 0 radical (unpaired) electrons. The fourth-order valence-electron chi connectivity index (χ4n) is 3.51. The van der Waals surface area contributed by atoms with Gasteiger partial charge in [-0.15, -0.1) is 0 Å². The van der Waals surface area contributed by atoms with E-state index in [0.29, 0.717) is 0 Å². The summed E-state index contributed by atoms with van der Waals surface area (Å²) in [5.74, 6) is 0. The van der Waals surface area contributed by atoms with Gasteiger partial charge in [0, 0.05) is 2.85 Å². The second kappa shape index (κ2) is 15.0. The van der Waals surface area contributed by atoms with Crippen LogP contribution >= 0.6 is 0 Å². The summed E-state index contributed by atoms with van der Waals surface area (Å²) in [7, 11) is 0. The predicted octanol–water partition coefficient (Wildman–Crippen LogP) is 10.1. The van der Waals surface area contributed by atoms with Gasteiger partial charge in [0.2, 0.25) is 0 Å². The second-order valence-electron chi connectivity index (χ2n) is 8.01. The molecule has 0 amide bonds. The van der Waals surface area contributed by atoms with Crippen molar-refractivity contribution in [2.45, 2.75) is 67.2 Å². The minimum absolute atomic E-state index is 0. The molecule has 1 aliphatic rings. The van der Waals surface area contributed by atoms with Crippen LogP contribution in [0.15, 0.2) is 91.1 Å². The Hall–Kier alpha value is -2.86. The van der Waals surface area contributed by atoms with Gasteiger partial charge in [-0.05, 0) is 79.0 Å². The molecule has 1 aliphatic carbocycles. The van der Waals surface area contributed by atoms with Crippen LogP contribution in [-0.2, 0) is 19.3 Å². The van der Waals surface area contributed by atoms with E-state index in [-0.39, 0.29) is 2.85 Å². The average Bonchev–Trinajstić information content (AvgIpc) is 3.05. The topological polar surface area (TPSA) is 0 Å². The molecule has 0 bridgehead atoms. The lowest BCUT2D eigenvalue weighted by atomic mass is 9.96. The van der Waals surface area contributed by atoms with Crippen LogP contribution in [0.3, 0.4) is 0 Å². The Morgan fingerprint density at radius 1 is 1.03 bits per heavy atom. The zero-order valence-electron chi connectivity index (χ0n) is 21.2. The lowest BCUT2D eigenvalue weighted by molar-refractivity contribution is 1.02. The van der Waals surface area contributed by atoms with Crippen molar-refractivity contribution in [1.82, 2.24) is 0 Å². The molecule has 0 aromatic heterocycles. The summed E-state index contributed by atoms with van der Waals surface area (Å²) in [6, 6.07) is 15.3. The summed E-state index contributed by atoms with van der Waals surface area (Å²) in [6.07, 6.45) is 14.9. The highest BCUT2D eigenvalue weighted by atomic mass is 14.1. The molecule has 2 aromatic carbocycles. The second-order valence-corrected chi connectivity index (χ2v) is 8.01. The van der Waals surface area contributed by atoms with E-state index in [1.54, 1.807) is 0 Å². The number of aryl methyl sites for hydroxylation is 2. The van der Waals surface area contributed by atoms with E-state index in [2.05, 4.69) is 108 Å². The van der Waals surface area contributed by atoms with E-state index in [0.717, 1.165) is 25.7 Å². The molecule has 0 spiro atoms. The van der Waals surface area contributed by atoms with Crippen LogP contribution in [0.1, 0.15) is 78.6 Å². The highest BCUT2D eigenvalue weighted by Crippen LogP contribution is 2.22. The van der Waals surface area contributed by atoms with Crippen molar-refractivity contribution in [2.24, 2.45) is 0 Å². The summed E-state index contributed by atoms with van der Waals surface area (Å²) in [5, 5.41) is 0. The standard InChI is InChI=1S/C16H16.C14H20.C2H6.2H2/c1-3-14-7-5-9-16(12-14)15-8-4-6-13(2)10-11-15;1-5-12-7-8-14(9-11(3)4)13(6-2)10-12;1-2;;/h3-9,11-12H,1,10H2,2H3;7-8,10H,3,5-6,9H2,1-2,4H3;1-2H3;2*1H. The van der Waals surface area contributed by atoms with Crippen molar-refractivity contribution in [3.05, 3.63) is 119 Å². The van der Waals surface area contributed by atoms with Gasteiger partial charge in [0.15, 0.2) is 0 Å². The van der Waals surface area contributed by atoms with Gasteiger partial charge in [-0.3, -0.25) is 0 Å². The maximum absolute atomic E-state index is 3.97. The predicted molar refractivity (Wildman–Crippen MR) is 151 cm³/mol. The van der Waals surface area contributed by atoms with Crippen LogP contribution in [0, 0.1) is 0 Å². The van der Waals surface area contributed by atoms with Gasteiger partial charge < -0.3 is 0 Å². The fourth-order valence-corrected chi connectivity index (χ4v) is 3.51. The first-order valence-corrected chi connectivity index (χ1v) is 12.0. The highest BCUT2D eigenvalue weighted by Gasteiger charge is 2.02. The van der Waals surface area contributed by atoms with Gasteiger partial charge in [0.25, 0.3) is 0 Å². The van der Waals surface area contributed by atoms with Gasteiger partial charge in [0.1, 0.15) is 0 Å². The van der Waals surface area contributed by atoms with Crippen molar-refractivity contribution in [3.8, 4) is 0 Å². The summed E-state index contributed by atoms with van der Waals surface area (Å²) >= 11 is 0. The zero-order valence-corrected chi connectivity index (χ0v) is 21.2. The zero-order chi connectivity index (χ0) is 23.9. The third-order valence-corrected chi connectivity index (χ3v) is 5.31. The van der Waals surface area contributed by atoms with Gasteiger partial charge >= 0.3 is 0 Å². The van der Waals surface area contributed by atoms with E-state index >= 15 is 0 Å². The first kappa shape index (κ1) is 27.2. The van der Waals surface area contributed by atoms with Crippen LogP contribution in [-0.4, -0.2) is 0 Å². The third kappa shape index (κ3) is 9.10. The van der Waals surface area contributed by atoms with Crippen LogP contribution in [0.5, 0.6) is 0 Å². The van der Waals surface area contributed by atoms with Crippen LogP contribution in [0.2, 0.25) is 0 Å². The Bertz CT molecular complexity index is 974. The quantitative estimate of drug-likeness (QED) is 0.400. The minimum atomic E-state index is 0. The van der Waals surface area contributed by atoms with E-state index < -0.39 is 0 Å². The molecule has 0 N–H and O–H groups in total. The van der Waals surface area contributed by atoms with Crippen molar-refractivity contribution < 1.29 is 2.85 Å². The molecular weight excluding hydrogens is 384 g/mol. The molecule has 2 aromatic rings. The fraction of sp³-hybridized carbons (Fsp3) is 0.312. The van der Waals surface area contributed by atoms with E-state index in [9.17, 15) is 0 Å². The molecule has 0 saturated heterocycles. The van der Waals surface area contributed by atoms with Crippen LogP contribution in [0.4, 0.5) is 0 Å². The van der Waals surface area contributed by atoms with Crippen molar-refractivity contribution >= 4 is 11.6 Å². The number of hydrogen-bond acceptors (Lipinski definition) is 0. The molecule has 3 rings (SSSR count). The molecule has 0 unspecified atom stereocenters. The van der Waals surface area contributed by atoms with Crippen molar-refractivity contribution in [1.29, 1.82) is 0 Å². The Morgan fingerprint density at radius 2 is 1.78 bits per heavy atom. The average molecular weight is 431 g/mol. The van der Waals surface area contributed by atoms with E-state index in [1.165, 1.54) is 44.5 Å². The Kier molecular flexibility index (Phi) is 12.8. The molecule has 0 nitrogen and oxygen atoms in total. The SMILES string of the molecule is C=C(C)Cc1ccc(CC)cc1CC.C=Cc1cccc(C2=CCC(C)=CC=C2)c1.CC.[HH].[HH]. The Labute approximate surface area is 200 Å². The number of rotatable bonds is 6. The maximum Gasteiger partial charge on any atom is 0 e. The van der Waals surface area contributed by atoms with E-state index in [4.69, 9.17) is 0 Å². The van der Waals surface area contributed by atoms with Gasteiger partial charge in [-0.25, -0.2) is 0 Å². The summed E-state index contributed by atoms with van der Waals surface area (Å²) in [6.45, 7) is 20.4. The molecule has 174 valence electrons. The van der Waals surface area contributed by atoms with Crippen molar-refractivity contribution in [3.63, 3.8) is 0 Å². The van der Waals surface area contributed by atoms with Crippen LogP contribution in [0.25, 0.3) is 11.6 Å². The third-order valence-electron chi connectivity index (χ3n) is 5.31. The molecule has 0 saturated carbocycles. The largest absolute Gasteiger partial charge is 0.0998 e. The first-order valence-electron chi connectivity index (χ1n) is 12.0. The van der Waals surface area contributed by atoms with Gasteiger partial charge in [-0.1, -0.05) is 119 Å².